The fourth-order valence-electron chi connectivity index (χ4n) is 2.85. The van der Waals surface area contributed by atoms with Gasteiger partial charge >= 0.3 is 0 Å². The molecule has 2 aromatic carbocycles. The second kappa shape index (κ2) is 12.2. The number of carbonyl (C=O) groups excluding carboxylic acids is 2. The zero-order chi connectivity index (χ0) is 24.3. The summed E-state index contributed by atoms with van der Waals surface area (Å²) in [4.78, 5) is 32.8. The van der Waals surface area contributed by atoms with Crippen LogP contribution >= 0.6 is 12.2 Å². The first kappa shape index (κ1) is 24.5. The minimum atomic E-state index is -0.461. The highest BCUT2D eigenvalue weighted by molar-refractivity contribution is 7.80. The number of thiocarbonyl (C=S) groups is 1. The van der Waals surface area contributed by atoms with E-state index in [1.54, 1.807) is 43.3 Å². The number of hydrogen-bond donors (Lipinski definition) is 2. The summed E-state index contributed by atoms with van der Waals surface area (Å²) in [5.41, 5.74) is 1.52. The van der Waals surface area contributed by atoms with Gasteiger partial charge in [0.15, 0.2) is 17.5 Å². The molecule has 1 heterocycles. The van der Waals surface area contributed by atoms with Crippen molar-refractivity contribution in [3.8, 4) is 17.7 Å². The Kier molecular flexibility index (Phi) is 8.77. The maximum Gasteiger partial charge on any atom is 0.257 e. The van der Waals surface area contributed by atoms with Crippen molar-refractivity contribution < 1.29 is 18.7 Å². The number of nitrogens with one attached hydrogen (secondary N) is 2. The Morgan fingerprint density at radius 2 is 1.91 bits per heavy atom. The molecule has 1 aromatic heterocycles. The third-order valence-electron chi connectivity index (χ3n) is 4.56. The third-order valence-corrected chi connectivity index (χ3v) is 4.81. The number of ketones is 1. The smallest absolute Gasteiger partial charge is 0.257 e. The Hall–Kier alpha value is -4.16. The molecule has 0 spiro atoms. The normalized spacial score (nSPS) is 9.94. The molecule has 2 N–H and O–H groups in total. The quantitative estimate of drug-likeness (QED) is 0.293. The zero-order valence-corrected chi connectivity index (χ0v) is 19.1. The highest BCUT2D eigenvalue weighted by Gasteiger charge is 2.13. The number of aromatic nitrogens is 2. The molecule has 0 unspecified atom stereocenters. The molecule has 34 heavy (non-hydrogen) atoms. The summed E-state index contributed by atoms with van der Waals surface area (Å²) in [7, 11) is 0. The van der Waals surface area contributed by atoms with E-state index in [9.17, 15) is 14.0 Å². The van der Waals surface area contributed by atoms with Crippen LogP contribution in [-0.4, -0.2) is 33.4 Å². The molecule has 0 fully saturated rings. The molecule has 0 atom stereocenters. The molecule has 0 saturated heterocycles. The number of amides is 1. The first-order chi connectivity index (χ1) is 16.5. The van der Waals surface area contributed by atoms with Gasteiger partial charge in [0, 0.05) is 24.1 Å². The number of benzene rings is 2. The number of Topliss-reactive ketones (excluding diaryl/α,β-unsaturated/α-hetero) is 1. The topological polar surface area (TPSA) is 93.2 Å². The zero-order valence-electron chi connectivity index (χ0n) is 18.3. The van der Waals surface area contributed by atoms with Crippen LogP contribution in [0.4, 0.5) is 4.39 Å². The van der Waals surface area contributed by atoms with Crippen molar-refractivity contribution in [1.29, 1.82) is 0 Å². The second-order valence-corrected chi connectivity index (χ2v) is 7.39. The van der Waals surface area contributed by atoms with Crippen molar-refractivity contribution in [2.45, 2.75) is 19.9 Å². The van der Waals surface area contributed by atoms with E-state index in [1.165, 1.54) is 24.5 Å². The standard InChI is InChI=1S/C25H21FN4O3S/c1-2-3-11-33-23-16-27-21(15-28-23)22(31)13-17-9-10-20(26)19(12-17)14-29-25(34)30-24(32)18-7-5-4-6-8-18/h4-10,12,15-16H,11,13-14H2,1H3,(H2,29,30,32,34). The van der Waals surface area contributed by atoms with Gasteiger partial charge in [0.05, 0.1) is 12.4 Å². The van der Waals surface area contributed by atoms with Crippen molar-refractivity contribution in [2.24, 2.45) is 0 Å². The fourth-order valence-corrected chi connectivity index (χ4v) is 3.02. The summed E-state index contributed by atoms with van der Waals surface area (Å²) in [6, 6.07) is 13.0. The van der Waals surface area contributed by atoms with Crippen molar-refractivity contribution >= 4 is 29.0 Å². The van der Waals surface area contributed by atoms with Crippen LogP contribution in [0, 0.1) is 17.7 Å². The Morgan fingerprint density at radius 3 is 2.62 bits per heavy atom. The van der Waals surface area contributed by atoms with Crippen LogP contribution in [0.25, 0.3) is 0 Å². The molecule has 0 aliphatic rings. The highest BCUT2D eigenvalue weighted by atomic mass is 32.1. The van der Waals surface area contributed by atoms with Crippen molar-refractivity contribution in [3.05, 3.63) is 89.1 Å². The molecular formula is C25H21FN4O3S. The minimum Gasteiger partial charge on any atom is -0.463 e. The van der Waals surface area contributed by atoms with Gasteiger partial charge in [-0.15, -0.1) is 5.92 Å². The molecule has 3 rings (SSSR count). The van der Waals surface area contributed by atoms with E-state index in [0.717, 1.165) is 0 Å². The van der Waals surface area contributed by atoms with E-state index >= 15 is 0 Å². The molecule has 0 bridgehead atoms. The maximum atomic E-state index is 14.3. The molecule has 172 valence electrons. The van der Waals surface area contributed by atoms with Crippen LogP contribution in [0.3, 0.4) is 0 Å². The van der Waals surface area contributed by atoms with E-state index in [-0.39, 0.29) is 47.9 Å². The molecule has 0 saturated carbocycles. The van der Waals surface area contributed by atoms with Gasteiger partial charge in [0.2, 0.25) is 5.88 Å². The summed E-state index contributed by atoms with van der Waals surface area (Å²) in [5, 5.41) is 5.42. The number of ether oxygens (including phenoxy) is 1. The molecule has 1 amide bonds. The number of carbonyl (C=O) groups is 2. The number of halogens is 1. The van der Waals surface area contributed by atoms with Gasteiger partial charge in [0.25, 0.3) is 5.91 Å². The van der Waals surface area contributed by atoms with Gasteiger partial charge in [-0.2, -0.15) is 0 Å². The Labute approximate surface area is 201 Å². The molecule has 3 aromatic rings. The third kappa shape index (κ3) is 7.18. The molecule has 0 aliphatic heterocycles. The lowest BCUT2D eigenvalue weighted by molar-refractivity contribution is 0.0972. The van der Waals surface area contributed by atoms with E-state index < -0.39 is 5.82 Å². The van der Waals surface area contributed by atoms with Gasteiger partial charge < -0.3 is 10.1 Å². The molecular weight excluding hydrogens is 455 g/mol. The average Bonchev–Trinajstić information content (AvgIpc) is 2.85. The lowest BCUT2D eigenvalue weighted by atomic mass is 10.0. The van der Waals surface area contributed by atoms with Crippen LogP contribution in [0.2, 0.25) is 0 Å². The van der Waals surface area contributed by atoms with Crippen molar-refractivity contribution in [1.82, 2.24) is 20.6 Å². The summed E-state index contributed by atoms with van der Waals surface area (Å²) >= 11 is 5.13. The Bertz CT molecular complexity index is 1240. The molecule has 9 heteroatoms. The first-order valence-electron chi connectivity index (χ1n) is 10.3. The van der Waals surface area contributed by atoms with Crippen LogP contribution in [0.1, 0.15) is 38.9 Å². The van der Waals surface area contributed by atoms with E-state index in [2.05, 4.69) is 32.4 Å². The number of hydrogen-bond acceptors (Lipinski definition) is 6. The summed E-state index contributed by atoms with van der Waals surface area (Å²) in [6.45, 7) is 1.92. The van der Waals surface area contributed by atoms with Crippen LogP contribution in [-0.2, 0) is 13.0 Å². The fraction of sp³-hybridized carbons (Fsp3) is 0.160. The SMILES string of the molecule is CC#CCOc1cnc(C(=O)Cc2ccc(F)c(CNC(=S)NC(=O)c3ccccc3)c2)cn1. The average molecular weight is 477 g/mol. The monoisotopic (exact) mass is 476 g/mol. The lowest BCUT2D eigenvalue weighted by Gasteiger charge is -2.11. The molecule has 0 aliphatic carbocycles. The van der Waals surface area contributed by atoms with Crippen molar-refractivity contribution in [2.75, 3.05) is 6.61 Å². The number of nitrogens with zero attached hydrogens (tertiary/aromatic N) is 2. The lowest BCUT2D eigenvalue weighted by Crippen LogP contribution is -2.39. The summed E-state index contributed by atoms with van der Waals surface area (Å²) in [5.74, 6) is 4.60. The first-order valence-corrected chi connectivity index (χ1v) is 10.7. The van der Waals surface area contributed by atoms with E-state index in [4.69, 9.17) is 17.0 Å². The van der Waals surface area contributed by atoms with E-state index in [1.807, 2.05) is 0 Å². The van der Waals surface area contributed by atoms with Gasteiger partial charge in [-0.25, -0.2) is 14.4 Å². The Morgan fingerprint density at radius 1 is 1.12 bits per heavy atom. The van der Waals surface area contributed by atoms with Gasteiger partial charge in [-0.05, 0) is 42.9 Å². The molecule has 7 nitrogen and oxygen atoms in total. The maximum absolute atomic E-state index is 14.3. The van der Waals surface area contributed by atoms with Crippen LogP contribution < -0.4 is 15.4 Å². The predicted molar refractivity (Wildman–Crippen MR) is 129 cm³/mol. The van der Waals surface area contributed by atoms with Gasteiger partial charge in [-0.1, -0.05) is 36.3 Å². The van der Waals surface area contributed by atoms with Gasteiger partial charge in [-0.3, -0.25) is 14.9 Å². The predicted octanol–water partition coefficient (Wildman–Crippen LogP) is 3.25. The van der Waals surface area contributed by atoms with Crippen LogP contribution in [0.5, 0.6) is 5.88 Å². The van der Waals surface area contributed by atoms with Gasteiger partial charge in [0.1, 0.15) is 11.5 Å². The second-order valence-electron chi connectivity index (χ2n) is 6.98. The highest BCUT2D eigenvalue weighted by Crippen LogP contribution is 2.14. The van der Waals surface area contributed by atoms with Crippen LogP contribution in [0.15, 0.2) is 60.9 Å². The molecule has 0 radical (unpaired) electrons. The summed E-state index contributed by atoms with van der Waals surface area (Å²) in [6.07, 6.45) is 2.70. The Balaban J connectivity index is 1.56. The summed E-state index contributed by atoms with van der Waals surface area (Å²) < 4.78 is 19.6. The minimum absolute atomic E-state index is 0.0126. The largest absolute Gasteiger partial charge is 0.463 e. The number of rotatable bonds is 8. The van der Waals surface area contributed by atoms with E-state index in [0.29, 0.717) is 16.7 Å². The van der Waals surface area contributed by atoms with Crippen molar-refractivity contribution in [3.63, 3.8) is 0 Å².